The Morgan fingerprint density at radius 2 is 1.68 bits per heavy atom. The van der Waals surface area contributed by atoms with Gasteiger partial charge in [0.1, 0.15) is 12.3 Å². The highest BCUT2D eigenvalue weighted by Crippen LogP contribution is 2.27. The number of sulfonamides is 1. The number of halogens is 1. The van der Waals surface area contributed by atoms with Gasteiger partial charge in [-0.1, -0.05) is 39.7 Å². The third kappa shape index (κ3) is 6.18. The average Bonchev–Trinajstić information content (AvgIpc) is 2.78. The molecule has 3 rings (SSSR count). The minimum atomic E-state index is -3.99. The molecule has 3 aromatic rings. The first-order chi connectivity index (χ1) is 16.1. The average molecular weight is 545 g/mol. The molecule has 6 nitrogen and oxygen atoms in total. The van der Waals surface area contributed by atoms with Crippen molar-refractivity contribution in [1.29, 1.82) is 0 Å². The van der Waals surface area contributed by atoms with E-state index in [4.69, 9.17) is 4.74 Å². The molecule has 0 heterocycles. The van der Waals surface area contributed by atoms with Crippen LogP contribution in [0.1, 0.15) is 36.6 Å². The first-order valence-electron chi connectivity index (χ1n) is 11.0. The summed E-state index contributed by atoms with van der Waals surface area (Å²) in [6, 6.07) is 18.8. The molecule has 0 unspecified atom stereocenters. The molecular formula is C26H29BrN2O4S. The van der Waals surface area contributed by atoms with E-state index >= 15 is 0 Å². The second-order valence-corrected chi connectivity index (χ2v) is 10.8. The molecule has 0 aliphatic rings. The third-order valence-corrected chi connectivity index (χ3v) is 7.71. The van der Waals surface area contributed by atoms with Crippen molar-refractivity contribution >= 4 is 37.5 Å². The highest BCUT2D eigenvalue weighted by Gasteiger charge is 2.28. The van der Waals surface area contributed by atoms with Gasteiger partial charge in [-0.3, -0.25) is 9.10 Å². The SMILES string of the molecule is CCOc1ccc(N(CC(=O)N[C@@H](C)c2ccc(C)cc2C)S(=O)(=O)c2ccc(Br)cc2)cc1. The van der Waals surface area contributed by atoms with Crippen LogP contribution in [0, 0.1) is 13.8 Å². The molecule has 8 heteroatoms. The smallest absolute Gasteiger partial charge is 0.264 e. The van der Waals surface area contributed by atoms with Crippen molar-refractivity contribution in [2.24, 2.45) is 0 Å². The summed E-state index contributed by atoms with van der Waals surface area (Å²) in [5.41, 5.74) is 3.57. The van der Waals surface area contributed by atoms with E-state index < -0.39 is 15.9 Å². The van der Waals surface area contributed by atoms with Crippen LogP contribution < -0.4 is 14.4 Å². The lowest BCUT2D eigenvalue weighted by Crippen LogP contribution is -2.41. The maximum atomic E-state index is 13.5. The normalized spacial score (nSPS) is 12.1. The topological polar surface area (TPSA) is 75.7 Å². The quantitative estimate of drug-likeness (QED) is 0.383. The second-order valence-electron chi connectivity index (χ2n) is 8.04. The number of carbonyl (C=O) groups excluding carboxylic acids is 1. The third-order valence-electron chi connectivity index (χ3n) is 5.39. The van der Waals surface area contributed by atoms with Gasteiger partial charge >= 0.3 is 0 Å². The number of amides is 1. The van der Waals surface area contributed by atoms with E-state index in [0.29, 0.717) is 18.0 Å². The summed E-state index contributed by atoms with van der Waals surface area (Å²) in [6.07, 6.45) is 0. The van der Waals surface area contributed by atoms with Gasteiger partial charge < -0.3 is 10.1 Å². The summed E-state index contributed by atoms with van der Waals surface area (Å²) in [7, 11) is -3.99. The summed E-state index contributed by atoms with van der Waals surface area (Å²) >= 11 is 3.33. The number of hydrogen-bond donors (Lipinski definition) is 1. The number of rotatable bonds is 9. The van der Waals surface area contributed by atoms with Crippen LogP contribution >= 0.6 is 15.9 Å². The molecule has 0 radical (unpaired) electrons. The van der Waals surface area contributed by atoms with Gasteiger partial charge in [0.05, 0.1) is 23.2 Å². The largest absolute Gasteiger partial charge is 0.494 e. The number of benzene rings is 3. The predicted molar refractivity (Wildman–Crippen MR) is 139 cm³/mol. The van der Waals surface area contributed by atoms with Crippen molar-refractivity contribution in [1.82, 2.24) is 5.32 Å². The van der Waals surface area contributed by atoms with Gasteiger partial charge in [-0.2, -0.15) is 0 Å². The Bertz CT molecular complexity index is 1240. The Labute approximate surface area is 210 Å². The molecule has 0 aromatic heterocycles. The second kappa shape index (κ2) is 11.1. The number of nitrogens with zero attached hydrogens (tertiary/aromatic N) is 1. The fraction of sp³-hybridized carbons (Fsp3) is 0.269. The van der Waals surface area contributed by atoms with Crippen LogP contribution in [0.25, 0.3) is 0 Å². The van der Waals surface area contributed by atoms with Crippen molar-refractivity contribution in [2.45, 2.75) is 38.6 Å². The molecule has 180 valence electrons. The molecule has 0 saturated heterocycles. The maximum Gasteiger partial charge on any atom is 0.264 e. The van der Waals surface area contributed by atoms with Crippen LogP contribution in [-0.2, 0) is 14.8 Å². The van der Waals surface area contributed by atoms with E-state index in [1.165, 1.54) is 12.1 Å². The van der Waals surface area contributed by atoms with Gasteiger partial charge in [0.15, 0.2) is 0 Å². The van der Waals surface area contributed by atoms with Crippen LogP contribution in [0.2, 0.25) is 0 Å². The van der Waals surface area contributed by atoms with E-state index in [1.54, 1.807) is 36.4 Å². The lowest BCUT2D eigenvalue weighted by atomic mass is 10.0. The zero-order valence-electron chi connectivity index (χ0n) is 19.7. The first kappa shape index (κ1) is 25.8. The van der Waals surface area contributed by atoms with Crippen LogP contribution in [0.4, 0.5) is 5.69 Å². The van der Waals surface area contributed by atoms with Gasteiger partial charge in [0, 0.05) is 4.47 Å². The predicted octanol–water partition coefficient (Wildman–Crippen LogP) is 5.54. The Morgan fingerprint density at radius 1 is 1.03 bits per heavy atom. The van der Waals surface area contributed by atoms with Crippen LogP contribution in [0.5, 0.6) is 5.75 Å². The highest BCUT2D eigenvalue weighted by atomic mass is 79.9. The number of hydrogen-bond acceptors (Lipinski definition) is 4. The lowest BCUT2D eigenvalue weighted by Gasteiger charge is -2.25. The minimum absolute atomic E-state index is 0.0970. The first-order valence-corrected chi connectivity index (χ1v) is 13.2. The van der Waals surface area contributed by atoms with Crippen molar-refractivity contribution in [3.05, 3.63) is 87.9 Å². The summed E-state index contributed by atoms with van der Waals surface area (Å²) in [4.78, 5) is 13.1. The molecule has 3 aromatic carbocycles. The van der Waals surface area contributed by atoms with Crippen molar-refractivity contribution in [3.63, 3.8) is 0 Å². The highest BCUT2D eigenvalue weighted by molar-refractivity contribution is 9.10. The Kier molecular flexibility index (Phi) is 8.38. The van der Waals surface area contributed by atoms with Gasteiger partial charge in [0.2, 0.25) is 5.91 Å². The fourth-order valence-electron chi connectivity index (χ4n) is 3.73. The molecule has 0 aliphatic carbocycles. The molecule has 1 atom stereocenters. The summed E-state index contributed by atoms with van der Waals surface area (Å²) in [5.74, 6) is 0.224. The molecule has 0 saturated carbocycles. The molecule has 0 aliphatic heterocycles. The van der Waals surface area contributed by atoms with E-state index in [9.17, 15) is 13.2 Å². The summed E-state index contributed by atoms with van der Waals surface area (Å²) < 4.78 is 34.4. The summed E-state index contributed by atoms with van der Waals surface area (Å²) in [5, 5.41) is 2.94. The fourth-order valence-corrected chi connectivity index (χ4v) is 5.42. The number of nitrogens with one attached hydrogen (secondary N) is 1. The Hall–Kier alpha value is -2.84. The van der Waals surface area contributed by atoms with Gasteiger partial charge in [-0.05, 0) is 87.4 Å². The molecule has 0 spiro atoms. The van der Waals surface area contributed by atoms with Gasteiger partial charge in [-0.15, -0.1) is 0 Å². The molecule has 1 amide bonds. The number of carbonyl (C=O) groups is 1. The van der Waals surface area contributed by atoms with Crippen molar-refractivity contribution in [3.8, 4) is 5.75 Å². The van der Waals surface area contributed by atoms with Crippen LogP contribution in [-0.4, -0.2) is 27.5 Å². The molecular weight excluding hydrogens is 516 g/mol. The monoisotopic (exact) mass is 544 g/mol. The summed E-state index contributed by atoms with van der Waals surface area (Å²) in [6.45, 7) is 7.91. The number of ether oxygens (including phenoxy) is 1. The maximum absolute atomic E-state index is 13.5. The van der Waals surface area contributed by atoms with Crippen molar-refractivity contribution < 1.29 is 17.9 Å². The van der Waals surface area contributed by atoms with Gasteiger partial charge in [0.25, 0.3) is 10.0 Å². The van der Waals surface area contributed by atoms with Crippen molar-refractivity contribution in [2.75, 3.05) is 17.5 Å². The van der Waals surface area contributed by atoms with Crippen LogP contribution in [0.15, 0.2) is 76.1 Å². The molecule has 0 bridgehead atoms. The minimum Gasteiger partial charge on any atom is -0.494 e. The van der Waals surface area contributed by atoms with Crippen LogP contribution in [0.3, 0.4) is 0 Å². The molecule has 0 fully saturated rings. The van der Waals surface area contributed by atoms with E-state index in [1.807, 2.05) is 39.8 Å². The standard InChI is InChI=1S/C26H29BrN2O4S/c1-5-33-23-11-9-22(10-12-23)29(34(31,32)24-13-7-21(27)8-14-24)17-26(30)28-20(4)25-15-6-18(2)16-19(25)3/h6-16,20H,5,17H2,1-4H3,(H,28,30)/t20-/m0/s1. The molecule has 1 N–H and O–H groups in total. The molecule has 34 heavy (non-hydrogen) atoms. The zero-order valence-corrected chi connectivity index (χ0v) is 22.1. The van der Waals surface area contributed by atoms with E-state index in [2.05, 4.69) is 27.3 Å². The van der Waals surface area contributed by atoms with E-state index in [-0.39, 0.29) is 17.5 Å². The van der Waals surface area contributed by atoms with E-state index in [0.717, 1.165) is 25.5 Å². The number of aryl methyl sites for hydroxylation is 2. The zero-order chi connectivity index (χ0) is 24.9. The van der Waals surface area contributed by atoms with Gasteiger partial charge in [-0.25, -0.2) is 8.42 Å². The number of anilines is 1. The Morgan fingerprint density at radius 3 is 2.26 bits per heavy atom. The Balaban J connectivity index is 1.90. The lowest BCUT2D eigenvalue weighted by molar-refractivity contribution is -0.120.